The van der Waals surface area contributed by atoms with Gasteiger partial charge in [0.05, 0.1) is 24.8 Å². The van der Waals surface area contributed by atoms with Crippen LogP contribution in [0.15, 0.2) is 60.7 Å². The van der Waals surface area contributed by atoms with Crippen molar-refractivity contribution in [1.82, 2.24) is 15.5 Å². The van der Waals surface area contributed by atoms with Gasteiger partial charge in [-0.3, -0.25) is 19.3 Å². The number of anilines is 1. The third-order valence-electron chi connectivity index (χ3n) is 8.90. The number of likely N-dealkylation sites (tertiary alicyclic amines) is 1. The minimum atomic E-state index is -0.685. The van der Waals surface area contributed by atoms with E-state index in [1.165, 1.54) is 0 Å². The number of allylic oxidation sites excluding steroid dienone is 2. The van der Waals surface area contributed by atoms with E-state index in [4.69, 9.17) is 21.1 Å². The molecule has 0 aliphatic carbocycles. The Kier molecular flexibility index (Phi) is 10.4. The molecule has 2 fully saturated rings. The minimum Gasteiger partial charge on any atom is -0.495 e. The van der Waals surface area contributed by atoms with Crippen molar-refractivity contribution in [3.8, 4) is 5.75 Å². The van der Waals surface area contributed by atoms with Crippen LogP contribution in [-0.2, 0) is 25.5 Å². The van der Waals surface area contributed by atoms with Crippen LogP contribution < -0.4 is 20.7 Å². The fourth-order valence-electron chi connectivity index (χ4n) is 6.37. The number of hydrogen-bond donors (Lipinski definition) is 3. The number of halogens is 1. The highest BCUT2D eigenvalue weighted by Gasteiger charge is 2.41. The van der Waals surface area contributed by atoms with Gasteiger partial charge in [0.2, 0.25) is 17.7 Å². The van der Waals surface area contributed by atoms with E-state index in [-0.39, 0.29) is 36.2 Å². The lowest BCUT2D eigenvalue weighted by Gasteiger charge is -2.40. The largest absolute Gasteiger partial charge is 0.495 e. The van der Waals surface area contributed by atoms with Crippen LogP contribution >= 0.6 is 11.6 Å². The van der Waals surface area contributed by atoms with Gasteiger partial charge in [-0.2, -0.15) is 0 Å². The molecule has 3 heterocycles. The van der Waals surface area contributed by atoms with Gasteiger partial charge in [-0.15, -0.1) is 0 Å². The summed E-state index contributed by atoms with van der Waals surface area (Å²) in [6.07, 6.45) is 7.95. The fraction of sp³-hybridized carbons (Fsp3) is 0.485. The van der Waals surface area contributed by atoms with E-state index in [1.807, 2.05) is 30.3 Å². The molecule has 0 saturated carbocycles. The summed E-state index contributed by atoms with van der Waals surface area (Å²) in [5.74, 6) is 0.256. The van der Waals surface area contributed by atoms with Gasteiger partial charge >= 0.3 is 0 Å². The number of hydrogen-bond acceptors (Lipinski definition) is 6. The Bertz CT molecular complexity index is 1310. The van der Waals surface area contributed by atoms with Crippen LogP contribution in [0.4, 0.5) is 5.69 Å². The topological polar surface area (TPSA) is 109 Å². The number of carbonyl (C=O) groups is 3. The summed E-state index contributed by atoms with van der Waals surface area (Å²) in [4.78, 5) is 42.7. The molecular weight excluding hydrogens is 568 g/mol. The molecule has 2 aromatic rings. The lowest BCUT2D eigenvalue weighted by Crippen LogP contribution is -2.58. The Morgan fingerprint density at radius 1 is 1.12 bits per heavy atom. The highest BCUT2D eigenvalue weighted by molar-refractivity contribution is 6.31. The molecule has 9 nitrogen and oxygen atoms in total. The zero-order valence-corrected chi connectivity index (χ0v) is 25.4. The summed E-state index contributed by atoms with van der Waals surface area (Å²) in [5, 5.41) is 9.86. The molecule has 5 rings (SSSR count). The van der Waals surface area contributed by atoms with Crippen molar-refractivity contribution in [1.29, 1.82) is 0 Å². The maximum atomic E-state index is 13.8. The molecule has 2 saturated heterocycles. The van der Waals surface area contributed by atoms with Gasteiger partial charge in [0.1, 0.15) is 11.8 Å². The van der Waals surface area contributed by atoms with Crippen molar-refractivity contribution in [2.75, 3.05) is 45.3 Å². The molecule has 3 aliphatic heterocycles. The Balaban J connectivity index is 1.31. The molecule has 3 aliphatic rings. The molecule has 0 aromatic heterocycles. The zero-order chi connectivity index (χ0) is 30.2. The molecule has 0 unspecified atom stereocenters. The van der Waals surface area contributed by atoms with Crippen LogP contribution in [0.5, 0.6) is 5.75 Å². The third-order valence-corrected chi connectivity index (χ3v) is 9.13. The Hall–Kier alpha value is -3.40. The number of nitrogens with one attached hydrogen (secondary N) is 3. The van der Waals surface area contributed by atoms with E-state index < -0.39 is 11.5 Å². The predicted molar refractivity (Wildman–Crippen MR) is 166 cm³/mol. The van der Waals surface area contributed by atoms with Gasteiger partial charge < -0.3 is 25.4 Å². The van der Waals surface area contributed by atoms with Crippen molar-refractivity contribution in [2.24, 2.45) is 11.3 Å². The summed E-state index contributed by atoms with van der Waals surface area (Å²) >= 11 is 6.14. The SMILES string of the molecule is COc1ccc(Cl)cc1NC(=O)CN1CC[C@H]2NC(=O)[C@@H](Cc3ccccc3)NC(=O)C3(CC=CC[C@H]2C1)CCOCC3. The average molecular weight is 609 g/mol. The molecule has 2 aromatic carbocycles. The Morgan fingerprint density at radius 2 is 1.91 bits per heavy atom. The van der Waals surface area contributed by atoms with Gasteiger partial charge in [0.25, 0.3) is 0 Å². The molecule has 3 N–H and O–H groups in total. The molecular formula is C33H41ClN4O5. The van der Waals surface area contributed by atoms with Crippen LogP contribution in [0.1, 0.15) is 37.7 Å². The second-order valence-electron chi connectivity index (χ2n) is 11.8. The van der Waals surface area contributed by atoms with Crippen LogP contribution in [-0.4, -0.2) is 74.7 Å². The normalized spacial score (nSPS) is 24.6. The Morgan fingerprint density at radius 3 is 2.67 bits per heavy atom. The second kappa shape index (κ2) is 14.4. The highest BCUT2D eigenvalue weighted by atomic mass is 35.5. The fourth-order valence-corrected chi connectivity index (χ4v) is 6.54. The molecule has 3 atom stereocenters. The molecule has 10 heteroatoms. The summed E-state index contributed by atoms with van der Waals surface area (Å²) < 4.78 is 11.0. The van der Waals surface area contributed by atoms with Gasteiger partial charge in [-0.1, -0.05) is 54.1 Å². The molecule has 3 amide bonds. The van der Waals surface area contributed by atoms with Crippen LogP contribution in [0.3, 0.4) is 0 Å². The van der Waals surface area contributed by atoms with Gasteiger partial charge in [-0.25, -0.2) is 0 Å². The smallest absolute Gasteiger partial charge is 0.243 e. The number of carbonyl (C=O) groups excluding carboxylic acids is 3. The van der Waals surface area contributed by atoms with Crippen LogP contribution in [0.25, 0.3) is 0 Å². The summed E-state index contributed by atoms with van der Waals surface area (Å²) in [7, 11) is 1.55. The number of benzene rings is 2. The first-order valence-electron chi connectivity index (χ1n) is 15.1. The summed E-state index contributed by atoms with van der Waals surface area (Å²) in [6.45, 7) is 2.58. The van der Waals surface area contributed by atoms with E-state index in [0.29, 0.717) is 74.9 Å². The molecule has 1 spiro atoms. The molecule has 43 heavy (non-hydrogen) atoms. The zero-order valence-electron chi connectivity index (χ0n) is 24.7. The summed E-state index contributed by atoms with van der Waals surface area (Å²) in [6, 6.07) is 14.1. The number of nitrogens with zero attached hydrogens (tertiary/aromatic N) is 1. The van der Waals surface area contributed by atoms with E-state index in [0.717, 1.165) is 12.0 Å². The van der Waals surface area contributed by atoms with Crippen LogP contribution in [0, 0.1) is 11.3 Å². The average Bonchev–Trinajstić information content (AvgIpc) is 3.00. The van der Waals surface area contributed by atoms with Crippen molar-refractivity contribution < 1.29 is 23.9 Å². The number of amides is 3. The van der Waals surface area contributed by atoms with E-state index in [1.54, 1.807) is 25.3 Å². The van der Waals surface area contributed by atoms with Crippen LogP contribution in [0.2, 0.25) is 5.02 Å². The molecule has 0 radical (unpaired) electrons. The maximum absolute atomic E-state index is 13.8. The highest BCUT2D eigenvalue weighted by Crippen LogP contribution is 2.36. The summed E-state index contributed by atoms with van der Waals surface area (Å²) in [5.41, 5.74) is 0.926. The first-order valence-corrected chi connectivity index (χ1v) is 15.5. The Labute approximate surface area is 258 Å². The van der Waals surface area contributed by atoms with Crippen molar-refractivity contribution >= 4 is 35.0 Å². The van der Waals surface area contributed by atoms with Gasteiger partial charge in [0.15, 0.2) is 0 Å². The van der Waals surface area contributed by atoms with Crippen molar-refractivity contribution in [3.05, 3.63) is 71.3 Å². The van der Waals surface area contributed by atoms with E-state index in [9.17, 15) is 14.4 Å². The van der Waals surface area contributed by atoms with E-state index in [2.05, 4.69) is 33.0 Å². The predicted octanol–water partition coefficient (Wildman–Crippen LogP) is 3.97. The number of methoxy groups -OCH3 is 1. The first-order chi connectivity index (χ1) is 20.8. The molecule has 0 bridgehead atoms. The maximum Gasteiger partial charge on any atom is 0.243 e. The van der Waals surface area contributed by atoms with Gasteiger partial charge in [0, 0.05) is 43.8 Å². The lowest BCUT2D eigenvalue weighted by atomic mass is 9.75. The number of ether oxygens (including phenoxy) is 2. The third kappa shape index (κ3) is 7.96. The molecule has 230 valence electrons. The standard InChI is InChI=1S/C33H41ClN4O5/c1-42-29-11-10-25(34)20-27(29)35-30(39)22-38-16-12-26-24(21-38)9-5-6-13-33(14-17-43-18-15-33)32(41)37-28(31(40)36-26)19-23-7-3-2-4-8-23/h2-8,10-11,20,24,26,28H,9,12-19,21-22H2,1H3,(H,35,39)(H,36,40)(H,37,41)/t24-,26+,28+/m0/s1. The van der Waals surface area contributed by atoms with Gasteiger partial charge in [-0.05, 0) is 61.8 Å². The second-order valence-corrected chi connectivity index (χ2v) is 12.2. The quantitative estimate of drug-likeness (QED) is 0.428. The number of fused-ring (bicyclic) bond motifs is 1. The van der Waals surface area contributed by atoms with E-state index >= 15 is 0 Å². The number of rotatable bonds is 6. The first kappa shape index (κ1) is 31.0. The van der Waals surface area contributed by atoms with Crippen molar-refractivity contribution in [3.63, 3.8) is 0 Å². The van der Waals surface area contributed by atoms with Crippen molar-refractivity contribution in [2.45, 2.75) is 50.6 Å². The lowest BCUT2D eigenvalue weighted by molar-refractivity contribution is -0.140. The minimum absolute atomic E-state index is 0.0730. The monoisotopic (exact) mass is 608 g/mol. The number of piperidine rings is 1.